The average molecular weight is 363 g/mol. The summed E-state index contributed by atoms with van der Waals surface area (Å²) < 4.78 is 3.73. The molecule has 0 fully saturated rings. The number of benzene rings is 1. The summed E-state index contributed by atoms with van der Waals surface area (Å²) in [4.78, 5) is 4.47. The summed E-state index contributed by atoms with van der Waals surface area (Å²) in [6.45, 7) is 12.4. The van der Waals surface area contributed by atoms with Gasteiger partial charge in [0.2, 0.25) is 0 Å². The van der Waals surface area contributed by atoms with Gasteiger partial charge < -0.3 is 9.05 Å². The maximum atomic E-state index is 4.47. The van der Waals surface area contributed by atoms with Crippen molar-refractivity contribution in [3.05, 3.63) is 64.6 Å². The van der Waals surface area contributed by atoms with Crippen LogP contribution in [0, 0.1) is 13.8 Å². The molecule has 3 nitrogen and oxygen atoms in total. The van der Waals surface area contributed by atoms with Crippen LogP contribution in [0.25, 0.3) is 10.9 Å². The molecule has 3 heteroatoms. The summed E-state index contributed by atoms with van der Waals surface area (Å²) in [7, 11) is 2.42. The van der Waals surface area contributed by atoms with Crippen LogP contribution >= 0.6 is 0 Å². The van der Waals surface area contributed by atoms with Crippen LogP contribution in [0.2, 0.25) is 0 Å². The highest BCUT2D eigenvalue weighted by Crippen LogP contribution is 2.35. The average Bonchev–Trinajstić information content (AvgIpc) is 2.93. The smallest absolute Gasteiger partial charge is 0.107 e. The second kappa shape index (κ2) is 6.79. The third kappa shape index (κ3) is 3.29. The number of nitrogens with zero attached hydrogens (tertiary/aromatic N) is 3. The van der Waals surface area contributed by atoms with Crippen molar-refractivity contribution in [3.63, 3.8) is 0 Å². The first-order chi connectivity index (χ1) is 12.9. The molecule has 1 aliphatic heterocycles. The van der Waals surface area contributed by atoms with Crippen LogP contribution in [0.3, 0.4) is 0 Å². The topological polar surface area (TPSA) is 17.8 Å². The summed E-state index contributed by atoms with van der Waals surface area (Å²) in [6, 6.07) is 12.0. The van der Waals surface area contributed by atoms with E-state index >= 15 is 0 Å². The molecule has 0 spiro atoms. The fraction of sp³-hybridized carbons (Fsp3) is 0.458. The molecule has 1 aromatic carbocycles. The zero-order valence-corrected chi connectivity index (χ0v) is 17.4. The van der Waals surface area contributed by atoms with Gasteiger partial charge in [-0.1, -0.05) is 17.7 Å². The number of hydrogen-bond acceptors (Lipinski definition) is 1. The Morgan fingerprint density at radius 3 is 2.67 bits per heavy atom. The van der Waals surface area contributed by atoms with Crippen molar-refractivity contribution < 1.29 is 4.48 Å². The van der Waals surface area contributed by atoms with Gasteiger partial charge in [-0.05, 0) is 57.9 Å². The van der Waals surface area contributed by atoms with E-state index < -0.39 is 0 Å². The minimum atomic E-state index is 0.653. The molecule has 0 aliphatic carbocycles. The van der Waals surface area contributed by atoms with E-state index in [9.17, 15) is 0 Å². The highest BCUT2D eigenvalue weighted by Gasteiger charge is 2.34. The summed E-state index contributed by atoms with van der Waals surface area (Å²) in [5.74, 6) is 0. The molecule has 2 aromatic heterocycles. The lowest BCUT2D eigenvalue weighted by molar-refractivity contribution is -0.944. The molecule has 1 atom stereocenters. The van der Waals surface area contributed by atoms with Crippen molar-refractivity contribution in [1.82, 2.24) is 9.55 Å². The maximum absolute atomic E-state index is 4.47. The zero-order valence-electron chi connectivity index (χ0n) is 17.4. The van der Waals surface area contributed by atoms with Crippen LogP contribution in [0.4, 0.5) is 0 Å². The van der Waals surface area contributed by atoms with Gasteiger partial charge in [0, 0.05) is 47.0 Å². The van der Waals surface area contributed by atoms with E-state index in [1.54, 1.807) is 11.3 Å². The van der Waals surface area contributed by atoms with Gasteiger partial charge in [-0.25, -0.2) is 0 Å². The van der Waals surface area contributed by atoms with Crippen molar-refractivity contribution in [3.8, 4) is 0 Å². The first-order valence-corrected chi connectivity index (χ1v) is 10.2. The number of fused-ring (bicyclic) bond motifs is 3. The van der Waals surface area contributed by atoms with Crippen LogP contribution < -0.4 is 0 Å². The Hall–Kier alpha value is -2.13. The summed E-state index contributed by atoms with van der Waals surface area (Å²) in [6.07, 6.45) is 4.24. The van der Waals surface area contributed by atoms with E-state index in [-0.39, 0.29) is 0 Å². The maximum Gasteiger partial charge on any atom is 0.107 e. The highest BCUT2D eigenvalue weighted by molar-refractivity contribution is 5.86. The van der Waals surface area contributed by atoms with Crippen molar-refractivity contribution in [2.75, 3.05) is 13.6 Å². The van der Waals surface area contributed by atoms with E-state index in [2.05, 4.69) is 67.7 Å². The number of quaternary nitrogens is 1. The Morgan fingerprint density at radius 2 is 1.96 bits per heavy atom. The van der Waals surface area contributed by atoms with E-state index in [1.807, 2.05) is 13.1 Å². The minimum absolute atomic E-state index is 0.653. The molecule has 3 aromatic rings. The summed E-state index contributed by atoms with van der Waals surface area (Å²) in [5.41, 5.74) is 8.31. The summed E-state index contributed by atoms with van der Waals surface area (Å²) >= 11 is 0. The Labute approximate surface area is 163 Å². The lowest BCUT2D eigenvalue weighted by Crippen LogP contribution is -2.52. The molecule has 27 heavy (non-hydrogen) atoms. The van der Waals surface area contributed by atoms with Crippen molar-refractivity contribution in [2.24, 2.45) is 0 Å². The van der Waals surface area contributed by atoms with Crippen molar-refractivity contribution in [1.29, 1.82) is 0 Å². The predicted molar refractivity (Wildman–Crippen MR) is 113 cm³/mol. The Kier molecular flexibility index (Phi) is 4.59. The number of likely N-dealkylation sites (N-methyl/N-ethyl adjacent to an activating group) is 1. The third-order valence-electron chi connectivity index (χ3n) is 6.66. The van der Waals surface area contributed by atoms with E-state index in [4.69, 9.17) is 0 Å². The minimum Gasteiger partial charge on any atom is -0.344 e. The van der Waals surface area contributed by atoms with Gasteiger partial charge in [0.05, 0.1) is 19.6 Å². The molecule has 1 aliphatic rings. The lowest BCUT2D eigenvalue weighted by atomic mass is 10.00. The standard InChI is InChI=1S/C24H32N3/c1-17(2)27(5)13-11-24-22(16-27)21-14-18(3)6-9-23(21)26(24)12-10-20-8-7-19(4)25-15-20/h6-9,14-15,17H,10-13,16H2,1-5H3/q+1. The van der Waals surface area contributed by atoms with Gasteiger partial charge in [0.1, 0.15) is 6.54 Å². The van der Waals surface area contributed by atoms with Crippen LogP contribution in [0.15, 0.2) is 36.5 Å². The number of rotatable bonds is 4. The van der Waals surface area contributed by atoms with Crippen LogP contribution in [0.1, 0.15) is 41.9 Å². The van der Waals surface area contributed by atoms with Crippen molar-refractivity contribution in [2.45, 2.75) is 59.7 Å². The fourth-order valence-electron chi connectivity index (χ4n) is 4.44. The molecule has 4 rings (SSSR count). The SMILES string of the molecule is Cc1ccc2c(c1)c1c(n2CCc2ccc(C)nc2)CC[N+](C)(C(C)C)C1. The third-order valence-corrected chi connectivity index (χ3v) is 6.66. The molecule has 3 heterocycles. The molecule has 0 bridgehead atoms. The Bertz CT molecular complexity index is 965. The van der Waals surface area contributed by atoms with Crippen LogP contribution in [-0.4, -0.2) is 33.7 Å². The Balaban J connectivity index is 1.74. The fourth-order valence-corrected chi connectivity index (χ4v) is 4.44. The first kappa shape index (κ1) is 18.2. The molecule has 142 valence electrons. The number of hydrogen-bond donors (Lipinski definition) is 0. The van der Waals surface area contributed by atoms with E-state index in [0.29, 0.717) is 6.04 Å². The van der Waals surface area contributed by atoms with Gasteiger partial charge >= 0.3 is 0 Å². The zero-order chi connectivity index (χ0) is 19.2. The molecule has 0 radical (unpaired) electrons. The first-order valence-electron chi connectivity index (χ1n) is 10.2. The van der Waals surface area contributed by atoms with Crippen LogP contribution in [-0.2, 0) is 25.9 Å². The molecule has 1 unspecified atom stereocenters. The van der Waals surface area contributed by atoms with Gasteiger partial charge in [0.15, 0.2) is 0 Å². The second-order valence-electron chi connectivity index (χ2n) is 8.86. The van der Waals surface area contributed by atoms with Gasteiger partial charge in [-0.3, -0.25) is 4.98 Å². The van der Waals surface area contributed by atoms with Crippen molar-refractivity contribution >= 4 is 10.9 Å². The van der Waals surface area contributed by atoms with Gasteiger partial charge in [0.25, 0.3) is 0 Å². The number of aryl methyl sites for hydroxylation is 4. The number of aromatic nitrogens is 2. The van der Waals surface area contributed by atoms with Gasteiger partial charge in [-0.2, -0.15) is 0 Å². The second-order valence-corrected chi connectivity index (χ2v) is 8.86. The monoisotopic (exact) mass is 362 g/mol. The normalized spacial score (nSPS) is 19.6. The molecule has 0 saturated heterocycles. The number of pyridine rings is 1. The highest BCUT2D eigenvalue weighted by atomic mass is 15.4. The Morgan fingerprint density at radius 1 is 1.15 bits per heavy atom. The van der Waals surface area contributed by atoms with Gasteiger partial charge in [-0.15, -0.1) is 0 Å². The lowest BCUT2D eigenvalue weighted by Gasteiger charge is -2.41. The molecular formula is C24H32N3+. The quantitative estimate of drug-likeness (QED) is 0.609. The molecular weight excluding hydrogens is 330 g/mol. The molecule has 0 amide bonds. The largest absolute Gasteiger partial charge is 0.344 e. The molecule has 0 N–H and O–H groups in total. The van der Waals surface area contributed by atoms with E-state index in [0.717, 1.165) is 29.7 Å². The van der Waals surface area contributed by atoms with E-state index in [1.165, 1.54) is 35.0 Å². The van der Waals surface area contributed by atoms with Crippen LogP contribution in [0.5, 0.6) is 0 Å². The predicted octanol–water partition coefficient (Wildman–Crippen LogP) is 4.81. The molecule has 0 saturated carbocycles. The summed E-state index contributed by atoms with van der Waals surface area (Å²) in [5, 5.41) is 1.47.